The number of amides is 2. The summed E-state index contributed by atoms with van der Waals surface area (Å²) in [6.45, 7) is 1.76. The van der Waals surface area contributed by atoms with Gasteiger partial charge in [0.25, 0.3) is 0 Å². The maximum absolute atomic E-state index is 13.0. The van der Waals surface area contributed by atoms with Gasteiger partial charge in [0.1, 0.15) is 12.1 Å². The number of carbonyl (C=O) groups is 3. The number of para-hydroxylation sites is 1. The number of hydrogen-bond acceptors (Lipinski definition) is 4. The fraction of sp³-hybridized carbons (Fsp3) is 0.500. The van der Waals surface area contributed by atoms with Crippen molar-refractivity contribution < 1.29 is 19.5 Å². The second kappa shape index (κ2) is 6.48. The molecule has 0 spiro atoms. The maximum atomic E-state index is 13.0. The molecule has 0 bridgehead atoms. The van der Waals surface area contributed by atoms with Crippen molar-refractivity contribution in [2.45, 2.75) is 44.3 Å². The fourth-order valence-corrected chi connectivity index (χ4v) is 3.49. The molecule has 0 aromatic heterocycles. The number of aliphatic carboxylic acids is 1. The van der Waals surface area contributed by atoms with Gasteiger partial charge in [0.05, 0.1) is 11.7 Å². The lowest BCUT2D eigenvalue weighted by molar-refractivity contribution is -0.140. The molecule has 2 heterocycles. The molecular formula is C18H23N3O4. The number of nitrogens with one attached hydrogen (secondary N) is 1. The first kappa shape index (κ1) is 17.4. The lowest BCUT2D eigenvalue weighted by Gasteiger charge is -2.27. The van der Waals surface area contributed by atoms with Crippen LogP contribution in [0.25, 0.3) is 0 Å². The number of carboxylic acid groups (broad SMARTS) is 1. The highest BCUT2D eigenvalue weighted by Gasteiger charge is 2.44. The van der Waals surface area contributed by atoms with E-state index in [0.717, 1.165) is 16.8 Å². The van der Waals surface area contributed by atoms with Crippen LogP contribution in [-0.2, 0) is 27.2 Å². The van der Waals surface area contributed by atoms with E-state index in [9.17, 15) is 19.5 Å². The van der Waals surface area contributed by atoms with Crippen molar-refractivity contribution in [3.05, 3.63) is 29.3 Å². The van der Waals surface area contributed by atoms with Gasteiger partial charge in [-0.15, -0.1) is 0 Å². The van der Waals surface area contributed by atoms with Crippen molar-refractivity contribution in [2.24, 2.45) is 0 Å². The molecule has 3 rings (SSSR count). The average molecular weight is 345 g/mol. The number of likely N-dealkylation sites (N-methyl/N-ethyl adjacent to an activating group) is 1. The lowest BCUT2D eigenvalue weighted by Crippen LogP contribution is -2.54. The number of anilines is 1. The molecule has 2 amide bonds. The van der Waals surface area contributed by atoms with Crippen LogP contribution in [-0.4, -0.2) is 60.0 Å². The van der Waals surface area contributed by atoms with Gasteiger partial charge in [0.2, 0.25) is 11.8 Å². The summed E-state index contributed by atoms with van der Waals surface area (Å²) in [5.41, 5.74) is 2.57. The van der Waals surface area contributed by atoms with E-state index in [0.29, 0.717) is 19.3 Å². The molecule has 3 unspecified atom stereocenters. The van der Waals surface area contributed by atoms with Gasteiger partial charge in [0, 0.05) is 6.42 Å². The largest absolute Gasteiger partial charge is 0.480 e. The van der Waals surface area contributed by atoms with Crippen molar-refractivity contribution in [1.29, 1.82) is 0 Å². The minimum absolute atomic E-state index is 0.236. The van der Waals surface area contributed by atoms with Crippen LogP contribution >= 0.6 is 0 Å². The van der Waals surface area contributed by atoms with Crippen LogP contribution < -0.4 is 10.2 Å². The molecule has 2 aliphatic heterocycles. The highest BCUT2D eigenvalue weighted by molar-refractivity contribution is 6.06. The molecule has 134 valence electrons. The van der Waals surface area contributed by atoms with Gasteiger partial charge in [-0.2, -0.15) is 0 Å². The van der Waals surface area contributed by atoms with Crippen LogP contribution in [0.2, 0.25) is 0 Å². The Labute approximate surface area is 146 Å². The number of aryl methyl sites for hydroxylation is 1. The summed E-state index contributed by atoms with van der Waals surface area (Å²) in [5.74, 6) is -1.60. The van der Waals surface area contributed by atoms with Gasteiger partial charge in [-0.3, -0.25) is 19.4 Å². The Kier molecular flexibility index (Phi) is 4.51. The summed E-state index contributed by atoms with van der Waals surface area (Å²) in [6.07, 6.45) is 1.39. The summed E-state index contributed by atoms with van der Waals surface area (Å²) >= 11 is 0. The maximum Gasteiger partial charge on any atom is 0.327 e. The van der Waals surface area contributed by atoms with Crippen LogP contribution in [0.3, 0.4) is 0 Å². The fourth-order valence-electron chi connectivity index (χ4n) is 3.49. The summed E-state index contributed by atoms with van der Waals surface area (Å²) in [5, 5.41) is 12.4. The number of carbonyl (C=O) groups excluding carboxylic acids is 2. The summed E-state index contributed by atoms with van der Waals surface area (Å²) < 4.78 is 0. The highest BCUT2D eigenvalue weighted by Crippen LogP contribution is 2.38. The van der Waals surface area contributed by atoms with Gasteiger partial charge in [-0.1, -0.05) is 18.2 Å². The molecule has 0 aliphatic carbocycles. The smallest absolute Gasteiger partial charge is 0.327 e. The Morgan fingerprint density at radius 2 is 2.00 bits per heavy atom. The first-order chi connectivity index (χ1) is 11.8. The number of carboxylic acids is 1. The van der Waals surface area contributed by atoms with Crippen molar-refractivity contribution in [2.75, 3.05) is 19.0 Å². The predicted octanol–water partition coefficient (Wildman–Crippen LogP) is 0.410. The molecule has 2 N–H and O–H groups in total. The van der Waals surface area contributed by atoms with E-state index < -0.39 is 18.1 Å². The van der Waals surface area contributed by atoms with Gasteiger partial charge in [-0.25, -0.2) is 4.79 Å². The molecule has 0 saturated heterocycles. The first-order valence-corrected chi connectivity index (χ1v) is 8.44. The van der Waals surface area contributed by atoms with E-state index in [2.05, 4.69) is 5.32 Å². The van der Waals surface area contributed by atoms with E-state index in [4.69, 9.17) is 0 Å². The van der Waals surface area contributed by atoms with E-state index in [-0.39, 0.29) is 17.9 Å². The average Bonchev–Trinajstić information content (AvgIpc) is 2.91. The van der Waals surface area contributed by atoms with Gasteiger partial charge in [-0.05, 0) is 45.0 Å². The zero-order valence-corrected chi connectivity index (χ0v) is 14.7. The topological polar surface area (TPSA) is 90.0 Å². The number of nitrogens with zero attached hydrogens (tertiary/aromatic N) is 2. The van der Waals surface area contributed by atoms with Gasteiger partial charge in [0.15, 0.2) is 0 Å². The molecule has 0 radical (unpaired) electrons. The van der Waals surface area contributed by atoms with Crippen LogP contribution in [0.5, 0.6) is 0 Å². The van der Waals surface area contributed by atoms with E-state index in [1.807, 2.05) is 18.2 Å². The Morgan fingerprint density at radius 3 is 2.64 bits per heavy atom. The van der Waals surface area contributed by atoms with Crippen LogP contribution in [0.4, 0.5) is 5.69 Å². The third-order valence-corrected chi connectivity index (χ3v) is 5.16. The second-order valence-electron chi connectivity index (χ2n) is 6.93. The molecule has 3 atom stereocenters. The first-order valence-electron chi connectivity index (χ1n) is 8.44. The van der Waals surface area contributed by atoms with E-state index in [1.165, 1.54) is 4.90 Å². The molecule has 1 aromatic carbocycles. The quantitative estimate of drug-likeness (QED) is 0.825. The Hall–Kier alpha value is -2.41. The number of rotatable bonds is 4. The zero-order valence-electron chi connectivity index (χ0n) is 14.7. The molecule has 2 aliphatic rings. The number of hydrogen-bond donors (Lipinski definition) is 2. The molecule has 0 saturated carbocycles. The normalized spacial score (nSPS) is 23.2. The lowest BCUT2D eigenvalue weighted by atomic mass is 10.0. The second-order valence-corrected chi connectivity index (χ2v) is 6.93. The van der Waals surface area contributed by atoms with Crippen LogP contribution in [0.1, 0.15) is 24.5 Å². The highest BCUT2D eigenvalue weighted by atomic mass is 16.4. The summed E-state index contributed by atoms with van der Waals surface area (Å²) in [7, 11) is 3.59. The summed E-state index contributed by atoms with van der Waals surface area (Å²) in [6, 6.07) is 3.70. The molecule has 25 heavy (non-hydrogen) atoms. The minimum atomic E-state index is -1.02. The van der Waals surface area contributed by atoms with E-state index >= 15 is 0 Å². The molecule has 0 fully saturated rings. The van der Waals surface area contributed by atoms with Crippen molar-refractivity contribution >= 4 is 23.5 Å². The third kappa shape index (κ3) is 3.00. The Bertz CT molecular complexity index is 731. The van der Waals surface area contributed by atoms with Crippen LogP contribution in [0, 0.1) is 0 Å². The minimum Gasteiger partial charge on any atom is -0.480 e. The third-order valence-electron chi connectivity index (χ3n) is 5.16. The number of benzene rings is 1. The molecule has 7 nitrogen and oxygen atoms in total. The zero-order chi connectivity index (χ0) is 18.3. The van der Waals surface area contributed by atoms with Crippen molar-refractivity contribution in [3.8, 4) is 0 Å². The van der Waals surface area contributed by atoms with E-state index in [1.54, 1.807) is 25.9 Å². The Morgan fingerprint density at radius 1 is 1.32 bits per heavy atom. The molecule has 1 aromatic rings. The Balaban J connectivity index is 1.91. The van der Waals surface area contributed by atoms with Gasteiger partial charge >= 0.3 is 5.97 Å². The monoisotopic (exact) mass is 345 g/mol. The van der Waals surface area contributed by atoms with Crippen molar-refractivity contribution in [3.63, 3.8) is 0 Å². The standard InChI is InChI=1S/C18H23N3O4/c1-10(20(2)3)16(22)19-13-8-7-11-5-4-6-12-9-14(18(24)25)21(15(11)12)17(13)23/h4-6,10,13-14H,7-9H2,1-3H3,(H,19,22)(H,24,25). The van der Waals surface area contributed by atoms with Gasteiger partial charge < -0.3 is 10.4 Å². The van der Waals surface area contributed by atoms with Crippen LogP contribution in [0.15, 0.2) is 18.2 Å². The molecular weight excluding hydrogens is 322 g/mol. The SMILES string of the molecule is CC(C(=O)NC1CCc2cccc3c2N(C1=O)C(C(=O)O)C3)N(C)C. The molecule has 7 heteroatoms. The van der Waals surface area contributed by atoms with Crippen molar-refractivity contribution in [1.82, 2.24) is 10.2 Å². The summed E-state index contributed by atoms with van der Waals surface area (Å²) in [4.78, 5) is 40.2. The predicted molar refractivity (Wildman–Crippen MR) is 92.5 cm³/mol.